The standard InChI is InChI=1S/C11H15N5O4/c1-5(2)8(10(13)17)15-11(18)7-3-6(16(19)20)4-14-9(7)12/h3-5,8H,1-2H3,(H2,12,14)(H2,13,17)(H,15,18). The second-order valence-electron chi connectivity index (χ2n) is 4.48. The highest BCUT2D eigenvalue weighted by molar-refractivity contribution is 6.01. The predicted molar refractivity (Wildman–Crippen MR) is 70.6 cm³/mol. The minimum Gasteiger partial charge on any atom is -0.383 e. The molecule has 5 N–H and O–H groups in total. The zero-order valence-corrected chi connectivity index (χ0v) is 11.0. The van der Waals surface area contributed by atoms with E-state index in [4.69, 9.17) is 11.5 Å². The lowest BCUT2D eigenvalue weighted by Gasteiger charge is -2.19. The summed E-state index contributed by atoms with van der Waals surface area (Å²) in [5.74, 6) is -1.84. The van der Waals surface area contributed by atoms with Crippen LogP contribution in [0.3, 0.4) is 0 Å². The van der Waals surface area contributed by atoms with E-state index in [1.54, 1.807) is 13.8 Å². The zero-order chi connectivity index (χ0) is 15.4. The number of carbonyl (C=O) groups excluding carboxylic acids is 2. The number of hydrogen-bond donors (Lipinski definition) is 3. The van der Waals surface area contributed by atoms with Crippen LogP contribution in [0.2, 0.25) is 0 Å². The van der Waals surface area contributed by atoms with Gasteiger partial charge in [0, 0.05) is 6.07 Å². The molecule has 2 amide bonds. The van der Waals surface area contributed by atoms with Crippen LogP contribution in [0, 0.1) is 16.0 Å². The highest BCUT2D eigenvalue weighted by atomic mass is 16.6. The molecule has 108 valence electrons. The lowest BCUT2D eigenvalue weighted by molar-refractivity contribution is -0.385. The number of carbonyl (C=O) groups is 2. The number of primary amides is 1. The Balaban J connectivity index is 3.05. The number of nitrogens with two attached hydrogens (primary N) is 2. The Morgan fingerprint density at radius 1 is 1.45 bits per heavy atom. The molecule has 9 nitrogen and oxygen atoms in total. The Hall–Kier alpha value is -2.71. The van der Waals surface area contributed by atoms with Crippen LogP contribution in [0.25, 0.3) is 0 Å². The number of pyridine rings is 1. The van der Waals surface area contributed by atoms with E-state index in [0.29, 0.717) is 0 Å². The average molecular weight is 281 g/mol. The summed E-state index contributed by atoms with van der Waals surface area (Å²) >= 11 is 0. The van der Waals surface area contributed by atoms with Gasteiger partial charge in [0.1, 0.15) is 18.1 Å². The van der Waals surface area contributed by atoms with E-state index in [1.807, 2.05) is 0 Å². The predicted octanol–water partition coefficient (Wildman–Crippen LogP) is -0.188. The van der Waals surface area contributed by atoms with Crippen molar-refractivity contribution < 1.29 is 14.5 Å². The zero-order valence-electron chi connectivity index (χ0n) is 11.0. The van der Waals surface area contributed by atoms with Gasteiger partial charge < -0.3 is 16.8 Å². The van der Waals surface area contributed by atoms with Crippen molar-refractivity contribution >= 4 is 23.3 Å². The quantitative estimate of drug-likeness (QED) is 0.502. The maximum atomic E-state index is 12.0. The number of amides is 2. The highest BCUT2D eigenvalue weighted by Gasteiger charge is 2.24. The van der Waals surface area contributed by atoms with Crippen LogP contribution >= 0.6 is 0 Å². The van der Waals surface area contributed by atoms with Crippen molar-refractivity contribution in [3.05, 3.63) is 27.9 Å². The maximum absolute atomic E-state index is 12.0. The molecular weight excluding hydrogens is 266 g/mol. The summed E-state index contributed by atoms with van der Waals surface area (Å²) in [6.07, 6.45) is 0.945. The molecule has 0 saturated heterocycles. The number of nitrogens with zero attached hydrogens (tertiary/aromatic N) is 2. The molecule has 1 unspecified atom stereocenters. The summed E-state index contributed by atoms with van der Waals surface area (Å²) in [5, 5.41) is 13.0. The SMILES string of the molecule is CC(C)C(NC(=O)c1cc([N+](=O)[O-])cnc1N)C(N)=O. The van der Waals surface area contributed by atoms with E-state index in [1.165, 1.54) is 0 Å². The second-order valence-corrected chi connectivity index (χ2v) is 4.48. The molecule has 0 aliphatic carbocycles. The van der Waals surface area contributed by atoms with Crippen LogP contribution < -0.4 is 16.8 Å². The van der Waals surface area contributed by atoms with Gasteiger partial charge in [0.25, 0.3) is 11.6 Å². The number of nitro groups is 1. The number of nitrogen functional groups attached to an aromatic ring is 1. The third-order valence-corrected chi connectivity index (χ3v) is 2.62. The summed E-state index contributed by atoms with van der Waals surface area (Å²) in [4.78, 5) is 36.7. The van der Waals surface area contributed by atoms with Gasteiger partial charge in [0.05, 0.1) is 10.5 Å². The van der Waals surface area contributed by atoms with Crippen molar-refractivity contribution in [1.82, 2.24) is 10.3 Å². The smallest absolute Gasteiger partial charge is 0.288 e. The first-order chi connectivity index (χ1) is 9.23. The van der Waals surface area contributed by atoms with Gasteiger partial charge in [-0.05, 0) is 5.92 Å². The maximum Gasteiger partial charge on any atom is 0.288 e. The first-order valence-corrected chi connectivity index (χ1v) is 5.74. The van der Waals surface area contributed by atoms with Crippen LogP contribution in [0.1, 0.15) is 24.2 Å². The van der Waals surface area contributed by atoms with E-state index >= 15 is 0 Å². The summed E-state index contributed by atoms with van der Waals surface area (Å²) < 4.78 is 0. The van der Waals surface area contributed by atoms with Gasteiger partial charge in [-0.15, -0.1) is 0 Å². The molecule has 0 fully saturated rings. The molecule has 9 heteroatoms. The van der Waals surface area contributed by atoms with Gasteiger partial charge in [-0.3, -0.25) is 19.7 Å². The van der Waals surface area contributed by atoms with Crippen LogP contribution in [0.15, 0.2) is 12.3 Å². The number of nitrogens with one attached hydrogen (secondary N) is 1. The van der Waals surface area contributed by atoms with Gasteiger partial charge in [0.15, 0.2) is 0 Å². The van der Waals surface area contributed by atoms with E-state index < -0.39 is 22.8 Å². The first kappa shape index (κ1) is 15.3. The fourth-order valence-electron chi connectivity index (χ4n) is 1.53. The summed E-state index contributed by atoms with van der Waals surface area (Å²) in [6, 6.07) is 0.0944. The van der Waals surface area contributed by atoms with E-state index in [-0.39, 0.29) is 23.0 Å². The molecule has 1 aromatic heterocycles. The fraction of sp³-hybridized carbons (Fsp3) is 0.364. The number of hydrogen-bond acceptors (Lipinski definition) is 6. The van der Waals surface area contributed by atoms with Gasteiger partial charge in [-0.25, -0.2) is 4.98 Å². The van der Waals surface area contributed by atoms with Gasteiger partial charge >= 0.3 is 0 Å². The number of anilines is 1. The second kappa shape index (κ2) is 5.95. The molecule has 0 saturated carbocycles. The Morgan fingerprint density at radius 2 is 2.05 bits per heavy atom. The van der Waals surface area contributed by atoms with Crippen LogP contribution in [0.5, 0.6) is 0 Å². The van der Waals surface area contributed by atoms with Gasteiger partial charge in [-0.2, -0.15) is 0 Å². The summed E-state index contributed by atoms with van der Waals surface area (Å²) in [5.41, 5.74) is 10.1. The molecule has 1 heterocycles. The van der Waals surface area contributed by atoms with Crippen molar-refractivity contribution in [2.24, 2.45) is 11.7 Å². The normalized spacial score (nSPS) is 11.9. The summed E-state index contributed by atoms with van der Waals surface area (Å²) in [7, 11) is 0. The molecule has 0 aliphatic rings. The Labute approximate surface area is 114 Å². The average Bonchev–Trinajstić information content (AvgIpc) is 2.34. The first-order valence-electron chi connectivity index (χ1n) is 5.74. The van der Waals surface area contributed by atoms with Crippen LogP contribution in [-0.2, 0) is 4.79 Å². The molecule has 0 bridgehead atoms. The van der Waals surface area contributed by atoms with Crippen LogP contribution in [-0.4, -0.2) is 27.8 Å². The Kier molecular flexibility index (Phi) is 4.57. The minimum absolute atomic E-state index is 0.167. The monoisotopic (exact) mass is 281 g/mol. The van der Waals surface area contributed by atoms with Gasteiger partial charge in [-0.1, -0.05) is 13.8 Å². The Bertz CT molecular complexity index is 558. The lowest BCUT2D eigenvalue weighted by atomic mass is 10.0. The van der Waals surface area contributed by atoms with E-state index in [9.17, 15) is 19.7 Å². The topological polar surface area (TPSA) is 154 Å². The van der Waals surface area contributed by atoms with Gasteiger partial charge in [0.2, 0.25) is 5.91 Å². The summed E-state index contributed by atoms with van der Waals surface area (Å²) in [6.45, 7) is 3.40. The van der Waals surface area contributed by atoms with Crippen molar-refractivity contribution in [3.63, 3.8) is 0 Å². The molecule has 0 radical (unpaired) electrons. The molecule has 1 rings (SSSR count). The fourth-order valence-corrected chi connectivity index (χ4v) is 1.53. The molecule has 0 aromatic carbocycles. The minimum atomic E-state index is -0.902. The van der Waals surface area contributed by atoms with E-state index in [0.717, 1.165) is 12.3 Å². The van der Waals surface area contributed by atoms with Crippen LogP contribution in [0.4, 0.5) is 11.5 Å². The third-order valence-electron chi connectivity index (χ3n) is 2.62. The molecule has 20 heavy (non-hydrogen) atoms. The largest absolute Gasteiger partial charge is 0.383 e. The number of rotatable bonds is 5. The lowest BCUT2D eigenvalue weighted by Crippen LogP contribution is -2.47. The van der Waals surface area contributed by atoms with Crippen molar-refractivity contribution in [3.8, 4) is 0 Å². The van der Waals surface area contributed by atoms with E-state index in [2.05, 4.69) is 10.3 Å². The third kappa shape index (κ3) is 3.40. The molecule has 0 aliphatic heterocycles. The molecule has 0 spiro atoms. The number of aromatic nitrogens is 1. The van der Waals surface area contributed by atoms with Crippen molar-refractivity contribution in [2.75, 3.05) is 5.73 Å². The van der Waals surface area contributed by atoms with Crippen molar-refractivity contribution in [1.29, 1.82) is 0 Å². The highest BCUT2D eigenvalue weighted by Crippen LogP contribution is 2.17. The molecular formula is C11H15N5O4. The Morgan fingerprint density at radius 3 is 2.50 bits per heavy atom. The molecule has 1 aromatic rings. The van der Waals surface area contributed by atoms with Crippen molar-refractivity contribution in [2.45, 2.75) is 19.9 Å². The molecule has 1 atom stereocenters.